The second kappa shape index (κ2) is 6.82. The van der Waals surface area contributed by atoms with Crippen molar-refractivity contribution < 1.29 is 5.21 Å². The number of fused-ring (bicyclic) bond motifs is 1. The molecule has 0 aliphatic carbocycles. The maximum absolute atomic E-state index is 8.95. The van der Waals surface area contributed by atoms with E-state index in [1.165, 1.54) is 25.7 Å². The van der Waals surface area contributed by atoms with E-state index in [4.69, 9.17) is 5.21 Å². The van der Waals surface area contributed by atoms with Crippen LogP contribution in [0.2, 0.25) is 0 Å². The van der Waals surface area contributed by atoms with Gasteiger partial charge in [0.25, 0.3) is 0 Å². The molecule has 0 aliphatic heterocycles. The molecule has 1 aromatic heterocycles. The first-order chi connectivity index (χ1) is 7.79. The van der Waals surface area contributed by atoms with Crippen molar-refractivity contribution in [2.45, 2.75) is 39.5 Å². The van der Waals surface area contributed by atoms with Gasteiger partial charge in [-0.2, -0.15) is 0 Å². The van der Waals surface area contributed by atoms with Gasteiger partial charge in [0.05, 0.1) is 0 Å². The predicted molar refractivity (Wildman–Crippen MR) is 64.5 cm³/mol. The normalized spacial score (nSPS) is 9.88. The van der Waals surface area contributed by atoms with Crippen LogP contribution in [0.3, 0.4) is 0 Å². The number of aromatic nitrogens is 3. The van der Waals surface area contributed by atoms with Crippen LogP contribution in [0.1, 0.15) is 39.5 Å². The Morgan fingerprint density at radius 1 is 1.12 bits per heavy atom. The van der Waals surface area contributed by atoms with Crippen molar-refractivity contribution in [3.05, 3.63) is 24.3 Å². The van der Waals surface area contributed by atoms with Gasteiger partial charge in [0.2, 0.25) is 0 Å². The standard InChI is InChI=1S/C6H5N3O.C6H14/c10-9-6-4-2-1-3-5(6)7-8-9;1-3-5-6-4-2/h1-4,10H;3-6H2,1-2H3. The molecule has 4 nitrogen and oxygen atoms in total. The second-order valence-electron chi connectivity index (χ2n) is 3.67. The summed E-state index contributed by atoms with van der Waals surface area (Å²) in [6.07, 6.45) is 5.54. The average Bonchev–Trinajstić information content (AvgIpc) is 2.70. The SMILES string of the molecule is CCCCCC.On1nnc2ccccc21. The molecular weight excluding hydrogens is 202 g/mol. The number of hydrogen-bond donors (Lipinski definition) is 1. The minimum absolute atomic E-state index is 0.627. The smallest absolute Gasteiger partial charge is 0.130 e. The van der Waals surface area contributed by atoms with E-state index >= 15 is 0 Å². The molecule has 0 atom stereocenters. The fourth-order valence-electron chi connectivity index (χ4n) is 1.36. The minimum Gasteiger partial charge on any atom is -0.410 e. The summed E-state index contributed by atoms with van der Waals surface area (Å²) in [5.74, 6) is 0. The Balaban J connectivity index is 0.000000187. The zero-order chi connectivity index (χ0) is 11.8. The van der Waals surface area contributed by atoms with Gasteiger partial charge >= 0.3 is 0 Å². The Bertz CT molecular complexity index is 407. The van der Waals surface area contributed by atoms with E-state index in [1.807, 2.05) is 12.1 Å². The van der Waals surface area contributed by atoms with Gasteiger partial charge in [-0.05, 0) is 17.3 Å². The maximum Gasteiger partial charge on any atom is 0.130 e. The third-order valence-electron chi connectivity index (χ3n) is 2.29. The highest BCUT2D eigenvalue weighted by atomic mass is 16.5. The van der Waals surface area contributed by atoms with Crippen molar-refractivity contribution in [2.24, 2.45) is 0 Å². The molecular formula is C12H19N3O. The molecule has 1 heterocycles. The van der Waals surface area contributed by atoms with Crippen LogP contribution in [-0.2, 0) is 0 Å². The van der Waals surface area contributed by atoms with Crippen molar-refractivity contribution in [3.63, 3.8) is 0 Å². The fraction of sp³-hybridized carbons (Fsp3) is 0.500. The van der Waals surface area contributed by atoms with Crippen LogP contribution in [0.15, 0.2) is 24.3 Å². The lowest BCUT2D eigenvalue weighted by Crippen LogP contribution is -1.90. The third kappa shape index (κ3) is 3.53. The van der Waals surface area contributed by atoms with Gasteiger partial charge in [0.15, 0.2) is 0 Å². The number of hydrogen-bond acceptors (Lipinski definition) is 3. The van der Waals surface area contributed by atoms with Crippen LogP contribution in [0.5, 0.6) is 0 Å². The Labute approximate surface area is 95.9 Å². The largest absolute Gasteiger partial charge is 0.410 e. The molecule has 0 fully saturated rings. The van der Waals surface area contributed by atoms with E-state index in [0.717, 1.165) is 4.85 Å². The van der Waals surface area contributed by atoms with Crippen LogP contribution in [0.4, 0.5) is 0 Å². The van der Waals surface area contributed by atoms with Crippen LogP contribution >= 0.6 is 0 Å². The molecule has 0 saturated heterocycles. The maximum atomic E-state index is 8.95. The van der Waals surface area contributed by atoms with Gasteiger partial charge in [-0.3, -0.25) is 0 Å². The summed E-state index contributed by atoms with van der Waals surface area (Å²) in [5, 5.41) is 16.1. The molecule has 0 aliphatic rings. The van der Waals surface area contributed by atoms with Gasteiger partial charge in [0, 0.05) is 0 Å². The Hall–Kier alpha value is -1.58. The highest BCUT2D eigenvalue weighted by Crippen LogP contribution is 2.06. The summed E-state index contributed by atoms with van der Waals surface area (Å²) in [6, 6.07) is 7.19. The summed E-state index contributed by atoms with van der Waals surface area (Å²) < 4.78 is 0. The molecule has 0 amide bonds. The molecule has 0 bridgehead atoms. The average molecular weight is 221 g/mol. The zero-order valence-corrected chi connectivity index (χ0v) is 9.93. The zero-order valence-electron chi connectivity index (χ0n) is 9.93. The van der Waals surface area contributed by atoms with E-state index < -0.39 is 0 Å². The Morgan fingerprint density at radius 3 is 2.31 bits per heavy atom. The number of para-hydroxylation sites is 1. The van der Waals surface area contributed by atoms with Crippen molar-refractivity contribution in [1.29, 1.82) is 0 Å². The molecule has 0 spiro atoms. The molecule has 4 heteroatoms. The van der Waals surface area contributed by atoms with Crippen LogP contribution in [0.25, 0.3) is 11.0 Å². The molecule has 16 heavy (non-hydrogen) atoms. The topological polar surface area (TPSA) is 50.9 Å². The van der Waals surface area contributed by atoms with E-state index in [1.54, 1.807) is 12.1 Å². The molecule has 2 aromatic rings. The summed E-state index contributed by atoms with van der Waals surface area (Å²) in [4.78, 5) is 0.759. The monoisotopic (exact) mass is 221 g/mol. The van der Waals surface area contributed by atoms with Crippen LogP contribution < -0.4 is 0 Å². The quantitative estimate of drug-likeness (QED) is 0.639. The highest BCUT2D eigenvalue weighted by Gasteiger charge is 1.98. The summed E-state index contributed by atoms with van der Waals surface area (Å²) >= 11 is 0. The number of unbranched alkanes of at least 4 members (excludes halogenated alkanes) is 3. The van der Waals surface area contributed by atoms with Gasteiger partial charge < -0.3 is 5.21 Å². The molecule has 0 unspecified atom stereocenters. The summed E-state index contributed by atoms with van der Waals surface area (Å²) in [5.41, 5.74) is 1.33. The molecule has 0 radical (unpaired) electrons. The van der Waals surface area contributed by atoms with Crippen LogP contribution in [0, 0.1) is 0 Å². The molecule has 0 saturated carbocycles. The number of rotatable bonds is 3. The Kier molecular flexibility index (Phi) is 5.32. The molecule has 2 rings (SSSR count). The first-order valence-electron chi connectivity index (χ1n) is 5.79. The third-order valence-corrected chi connectivity index (χ3v) is 2.29. The summed E-state index contributed by atoms with van der Waals surface area (Å²) in [6.45, 7) is 4.46. The number of nitrogens with zero attached hydrogens (tertiary/aromatic N) is 3. The lowest BCUT2D eigenvalue weighted by molar-refractivity contribution is 0.155. The van der Waals surface area contributed by atoms with Gasteiger partial charge in [-0.15, -0.1) is 5.10 Å². The van der Waals surface area contributed by atoms with Gasteiger partial charge in [0.1, 0.15) is 11.0 Å². The molecule has 1 N–H and O–H groups in total. The highest BCUT2D eigenvalue weighted by molar-refractivity contribution is 5.73. The van der Waals surface area contributed by atoms with Gasteiger partial charge in [-0.1, -0.05) is 56.5 Å². The summed E-state index contributed by atoms with van der Waals surface area (Å²) in [7, 11) is 0. The number of benzene rings is 1. The second-order valence-corrected chi connectivity index (χ2v) is 3.67. The van der Waals surface area contributed by atoms with Gasteiger partial charge in [-0.25, -0.2) is 0 Å². The van der Waals surface area contributed by atoms with E-state index in [-0.39, 0.29) is 0 Å². The lowest BCUT2D eigenvalue weighted by Gasteiger charge is -1.86. The molecule has 1 aromatic carbocycles. The van der Waals surface area contributed by atoms with E-state index in [9.17, 15) is 0 Å². The first kappa shape index (κ1) is 12.5. The van der Waals surface area contributed by atoms with Crippen molar-refractivity contribution in [2.75, 3.05) is 0 Å². The van der Waals surface area contributed by atoms with Crippen molar-refractivity contribution in [3.8, 4) is 0 Å². The molecule has 88 valence electrons. The van der Waals surface area contributed by atoms with E-state index in [2.05, 4.69) is 24.2 Å². The minimum atomic E-state index is 0.627. The fourth-order valence-corrected chi connectivity index (χ4v) is 1.36. The Morgan fingerprint density at radius 2 is 1.75 bits per heavy atom. The van der Waals surface area contributed by atoms with E-state index in [0.29, 0.717) is 11.0 Å². The van der Waals surface area contributed by atoms with Crippen LogP contribution in [-0.4, -0.2) is 20.4 Å². The van der Waals surface area contributed by atoms with Crippen molar-refractivity contribution in [1.82, 2.24) is 15.2 Å². The lowest BCUT2D eigenvalue weighted by atomic mass is 10.2. The van der Waals surface area contributed by atoms with Crippen molar-refractivity contribution >= 4 is 11.0 Å². The first-order valence-corrected chi connectivity index (χ1v) is 5.79. The predicted octanol–water partition coefficient (Wildman–Crippen LogP) is 3.26.